The van der Waals surface area contributed by atoms with Gasteiger partial charge >= 0.3 is 13.1 Å². The molecule has 1 saturated carbocycles. The van der Waals surface area contributed by atoms with E-state index in [2.05, 4.69) is 10.6 Å². The quantitative estimate of drug-likeness (QED) is 0.371. The molecule has 3 amide bonds. The lowest BCUT2D eigenvalue weighted by molar-refractivity contribution is -0.122. The number of urea groups is 1. The van der Waals surface area contributed by atoms with E-state index < -0.39 is 7.12 Å². The number of nitrogens with zero attached hydrogens (tertiary/aromatic N) is 1. The second-order valence-corrected chi connectivity index (χ2v) is 5.21. The molecule has 1 saturated heterocycles. The predicted molar refractivity (Wildman–Crippen MR) is 69.3 cm³/mol. The minimum atomic E-state index is -1.37. The molecular weight excluding hydrogens is 249 g/mol. The third-order valence-corrected chi connectivity index (χ3v) is 3.58. The molecule has 0 aromatic heterocycles. The van der Waals surface area contributed by atoms with Crippen LogP contribution in [0.15, 0.2) is 0 Å². The van der Waals surface area contributed by atoms with Gasteiger partial charge < -0.3 is 25.6 Å². The molecule has 1 unspecified atom stereocenters. The molecule has 8 heteroatoms. The van der Waals surface area contributed by atoms with E-state index in [1.807, 2.05) is 0 Å². The van der Waals surface area contributed by atoms with Gasteiger partial charge in [-0.1, -0.05) is 0 Å². The van der Waals surface area contributed by atoms with Crippen molar-refractivity contribution in [2.75, 3.05) is 26.2 Å². The molecule has 0 bridgehead atoms. The van der Waals surface area contributed by atoms with E-state index >= 15 is 0 Å². The molecule has 4 N–H and O–H groups in total. The van der Waals surface area contributed by atoms with Gasteiger partial charge in [0.1, 0.15) is 0 Å². The monoisotopic (exact) mass is 269 g/mol. The minimum Gasteiger partial charge on any atom is -0.427 e. The first kappa shape index (κ1) is 14.1. The fourth-order valence-corrected chi connectivity index (χ4v) is 2.17. The van der Waals surface area contributed by atoms with Gasteiger partial charge in [-0.05, 0) is 19.3 Å². The van der Waals surface area contributed by atoms with Gasteiger partial charge in [-0.2, -0.15) is 0 Å². The van der Waals surface area contributed by atoms with Crippen LogP contribution in [0.1, 0.15) is 19.3 Å². The first-order valence-electron chi connectivity index (χ1n) is 6.74. The van der Waals surface area contributed by atoms with Crippen molar-refractivity contribution in [1.29, 1.82) is 0 Å². The van der Waals surface area contributed by atoms with Crippen LogP contribution in [0.2, 0.25) is 5.82 Å². The normalized spacial score (nSPS) is 22.2. The fourth-order valence-electron chi connectivity index (χ4n) is 2.17. The molecule has 2 rings (SSSR count). The van der Waals surface area contributed by atoms with Crippen molar-refractivity contribution in [2.45, 2.75) is 25.1 Å². The summed E-state index contributed by atoms with van der Waals surface area (Å²) < 4.78 is 0. The lowest BCUT2D eigenvalue weighted by atomic mass is 9.72. The van der Waals surface area contributed by atoms with Crippen molar-refractivity contribution in [3.63, 3.8) is 0 Å². The summed E-state index contributed by atoms with van der Waals surface area (Å²) in [7, 11) is -1.37. The Hall–Kier alpha value is -1.28. The van der Waals surface area contributed by atoms with Crippen LogP contribution in [0.25, 0.3) is 0 Å². The molecule has 1 heterocycles. The Kier molecular flexibility index (Phi) is 4.65. The third-order valence-electron chi connectivity index (χ3n) is 3.58. The van der Waals surface area contributed by atoms with E-state index in [-0.39, 0.29) is 23.7 Å². The maximum atomic E-state index is 11.7. The molecule has 0 aromatic rings. The molecule has 0 aromatic carbocycles. The molecule has 0 spiro atoms. The van der Waals surface area contributed by atoms with Gasteiger partial charge in [-0.25, -0.2) is 4.79 Å². The van der Waals surface area contributed by atoms with Crippen LogP contribution in [0, 0.1) is 5.92 Å². The zero-order valence-corrected chi connectivity index (χ0v) is 10.8. The number of nitrogens with one attached hydrogen (secondary N) is 2. The van der Waals surface area contributed by atoms with Crippen LogP contribution in [0.3, 0.4) is 0 Å². The fraction of sp³-hybridized carbons (Fsp3) is 0.818. The van der Waals surface area contributed by atoms with E-state index in [4.69, 9.17) is 10.0 Å². The molecule has 1 aliphatic carbocycles. The van der Waals surface area contributed by atoms with Crippen molar-refractivity contribution in [3.8, 4) is 0 Å². The second-order valence-electron chi connectivity index (χ2n) is 5.21. The van der Waals surface area contributed by atoms with Gasteiger partial charge in [0.05, 0.1) is 0 Å². The van der Waals surface area contributed by atoms with Gasteiger partial charge in [-0.15, -0.1) is 0 Å². The van der Waals surface area contributed by atoms with Crippen molar-refractivity contribution in [2.24, 2.45) is 5.92 Å². The molecule has 0 radical (unpaired) electrons. The average molecular weight is 269 g/mol. The molecule has 1 atom stereocenters. The maximum Gasteiger partial charge on any atom is 0.456 e. The molecule has 1 aliphatic heterocycles. The Morgan fingerprint density at radius 3 is 2.42 bits per heavy atom. The third kappa shape index (κ3) is 4.10. The maximum absolute atomic E-state index is 11.7. The number of hydrogen-bond acceptors (Lipinski definition) is 4. The minimum absolute atomic E-state index is 0.0684. The number of carbonyl (C=O) groups is 2. The van der Waals surface area contributed by atoms with E-state index in [0.717, 1.165) is 12.8 Å². The van der Waals surface area contributed by atoms with Crippen LogP contribution in [0.4, 0.5) is 4.79 Å². The Morgan fingerprint density at radius 1 is 1.16 bits per heavy atom. The number of amides is 3. The van der Waals surface area contributed by atoms with Gasteiger partial charge in [-0.3, -0.25) is 4.79 Å². The van der Waals surface area contributed by atoms with Gasteiger partial charge in [0.15, 0.2) is 0 Å². The molecule has 19 heavy (non-hydrogen) atoms. The highest BCUT2D eigenvalue weighted by atomic mass is 16.4. The molecule has 2 aliphatic rings. The van der Waals surface area contributed by atoms with Crippen LogP contribution in [-0.2, 0) is 4.79 Å². The number of carbonyl (C=O) groups excluding carboxylic acids is 2. The standard InChI is InChI=1S/C11H20BN3O4/c16-10(8-1-2-8)13-4-5-14-11(17)15-6-3-9(7-15)12(18)19/h8-9,18-19H,1-7H2,(H,13,16)(H,14,17). The smallest absolute Gasteiger partial charge is 0.427 e. The second kappa shape index (κ2) is 6.25. The summed E-state index contributed by atoms with van der Waals surface area (Å²) in [4.78, 5) is 24.6. The van der Waals surface area contributed by atoms with E-state index in [1.165, 1.54) is 0 Å². The van der Waals surface area contributed by atoms with Crippen LogP contribution >= 0.6 is 0 Å². The SMILES string of the molecule is O=C(NCCNC(=O)N1CCC(B(O)O)C1)C1CC1. The average Bonchev–Trinajstić information content (AvgIpc) is 3.10. The number of hydrogen-bond donors (Lipinski definition) is 4. The lowest BCUT2D eigenvalue weighted by Crippen LogP contribution is -2.42. The number of likely N-dealkylation sites (tertiary alicyclic amines) is 1. The Morgan fingerprint density at radius 2 is 1.84 bits per heavy atom. The summed E-state index contributed by atoms with van der Waals surface area (Å²) in [6.45, 7) is 1.71. The molecular formula is C11H20BN3O4. The topological polar surface area (TPSA) is 102 Å². The first-order chi connectivity index (χ1) is 9.08. The van der Waals surface area contributed by atoms with E-state index in [0.29, 0.717) is 32.6 Å². The van der Waals surface area contributed by atoms with E-state index in [9.17, 15) is 9.59 Å². The van der Waals surface area contributed by atoms with Gasteiger partial charge in [0, 0.05) is 37.9 Å². The molecule has 106 valence electrons. The summed E-state index contributed by atoms with van der Waals surface area (Å²) in [6.07, 6.45) is 2.54. The molecule has 7 nitrogen and oxygen atoms in total. The van der Waals surface area contributed by atoms with Crippen LogP contribution < -0.4 is 10.6 Å². The zero-order valence-electron chi connectivity index (χ0n) is 10.8. The summed E-state index contributed by atoms with van der Waals surface area (Å²) in [5.74, 6) is -0.0136. The Labute approximate surface area is 112 Å². The van der Waals surface area contributed by atoms with Gasteiger partial charge in [0.2, 0.25) is 5.91 Å². The van der Waals surface area contributed by atoms with Crippen molar-refractivity contribution in [3.05, 3.63) is 0 Å². The van der Waals surface area contributed by atoms with Crippen LogP contribution in [0.5, 0.6) is 0 Å². The lowest BCUT2D eigenvalue weighted by Gasteiger charge is -2.17. The summed E-state index contributed by atoms with van der Waals surface area (Å²) >= 11 is 0. The zero-order chi connectivity index (χ0) is 13.8. The highest BCUT2D eigenvalue weighted by Gasteiger charge is 2.33. The summed E-state index contributed by atoms with van der Waals surface area (Å²) in [6, 6.07) is -0.219. The highest BCUT2D eigenvalue weighted by Crippen LogP contribution is 2.28. The summed E-state index contributed by atoms with van der Waals surface area (Å²) in [5.41, 5.74) is 0. The van der Waals surface area contributed by atoms with Crippen molar-refractivity contribution >= 4 is 19.1 Å². The highest BCUT2D eigenvalue weighted by molar-refractivity contribution is 6.43. The van der Waals surface area contributed by atoms with E-state index in [1.54, 1.807) is 4.90 Å². The summed E-state index contributed by atoms with van der Waals surface area (Å²) in [5, 5.41) is 23.5. The Balaban J connectivity index is 1.58. The van der Waals surface area contributed by atoms with Crippen molar-refractivity contribution < 1.29 is 19.6 Å². The Bertz CT molecular complexity index is 349. The van der Waals surface area contributed by atoms with Crippen LogP contribution in [-0.4, -0.2) is 60.2 Å². The molecule has 2 fully saturated rings. The first-order valence-corrected chi connectivity index (χ1v) is 6.74. The van der Waals surface area contributed by atoms with Crippen molar-refractivity contribution in [1.82, 2.24) is 15.5 Å². The number of rotatable bonds is 5. The predicted octanol–water partition coefficient (Wildman–Crippen LogP) is -1.23. The largest absolute Gasteiger partial charge is 0.456 e. The van der Waals surface area contributed by atoms with Gasteiger partial charge in [0.25, 0.3) is 0 Å².